The molecule has 0 bridgehead atoms. The molecule has 0 spiro atoms. The fraction of sp³-hybridized carbons (Fsp3) is 0.179. The minimum atomic E-state index is -0.995. The standard InChI is InChI=1S/C28H24N2O6S/c1-3-13-36-19-9-7-16(8-10-19)25(32)23-24(17-5-4-6-18(31)14-17)30(27(34)26(23)33)28-29-21-12-11-20(35-2)15-22(21)37-28/h4-12,14-15,24,31-32H,3,13H2,1-2H3/b25-23+. The lowest BCUT2D eigenvalue weighted by molar-refractivity contribution is -0.132. The van der Waals surface area contributed by atoms with E-state index in [1.165, 1.54) is 28.4 Å². The number of fused-ring (bicyclic) bond motifs is 1. The highest BCUT2D eigenvalue weighted by Gasteiger charge is 2.48. The van der Waals surface area contributed by atoms with Crippen molar-refractivity contribution >= 4 is 44.1 Å². The predicted octanol–water partition coefficient (Wildman–Crippen LogP) is 5.43. The molecule has 0 saturated carbocycles. The summed E-state index contributed by atoms with van der Waals surface area (Å²) in [6.45, 7) is 2.56. The van der Waals surface area contributed by atoms with Crippen molar-refractivity contribution in [1.29, 1.82) is 0 Å². The van der Waals surface area contributed by atoms with Gasteiger partial charge in [0.05, 0.1) is 35.5 Å². The zero-order chi connectivity index (χ0) is 26.1. The number of aliphatic hydroxyl groups is 1. The van der Waals surface area contributed by atoms with Crippen LogP contribution in [0.3, 0.4) is 0 Å². The third kappa shape index (κ3) is 4.49. The summed E-state index contributed by atoms with van der Waals surface area (Å²) < 4.78 is 11.7. The molecule has 1 atom stereocenters. The summed E-state index contributed by atoms with van der Waals surface area (Å²) in [5, 5.41) is 21.8. The van der Waals surface area contributed by atoms with Gasteiger partial charge in [0.15, 0.2) is 5.13 Å². The smallest absolute Gasteiger partial charge is 0.301 e. The normalized spacial score (nSPS) is 16.9. The van der Waals surface area contributed by atoms with Crippen LogP contribution in [-0.2, 0) is 9.59 Å². The maximum atomic E-state index is 13.4. The molecule has 1 saturated heterocycles. The molecule has 1 aromatic heterocycles. The number of phenols is 1. The Kier molecular flexibility index (Phi) is 6.54. The molecule has 8 nitrogen and oxygen atoms in total. The van der Waals surface area contributed by atoms with Gasteiger partial charge in [-0.2, -0.15) is 0 Å². The van der Waals surface area contributed by atoms with Crippen molar-refractivity contribution in [3.05, 3.63) is 83.4 Å². The molecule has 1 aliphatic heterocycles. The zero-order valence-electron chi connectivity index (χ0n) is 20.2. The van der Waals surface area contributed by atoms with Crippen LogP contribution in [0.1, 0.15) is 30.5 Å². The van der Waals surface area contributed by atoms with Crippen molar-refractivity contribution < 1.29 is 29.3 Å². The summed E-state index contributed by atoms with van der Waals surface area (Å²) in [6, 6.07) is 17.3. The third-order valence-electron chi connectivity index (χ3n) is 6.02. The number of aromatic nitrogens is 1. The van der Waals surface area contributed by atoms with Crippen molar-refractivity contribution in [3.8, 4) is 17.2 Å². The maximum Gasteiger partial charge on any atom is 0.301 e. The molecule has 2 heterocycles. The quantitative estimate of drug-likeness (QED) is 0.192. The van der Waals surface area contributed by atoms with Crippen LogP contribution in [0.5, 0.6) is 17.2 Å². The Hall–Kier alpha value is -4.37. The van der Waals surface area contributed by atoms with Crippen molar-refractivity contribution in [2.24, 2.45) is 0 Å². The summed E-state index contributed by atoms with van der Waals surface area (Å²) in [6.07, 6.45) is 0.855. The highest BCUT2D eigenvalue weighted by molar-refractivity contribution is 7.22. The molecule has 1 aliphatic rings. The predicted molar refractivity (Wildman–Crippen MR) is 141 cm³/mol. The van der Waals surface area contributed by atoms with E-state index in [0.29, 0.717) is 39.9 Å². The van der Waals surface area contributed by atoms with E-state index in [4.69, 9.17) is 9.47 Å². The Labute approximate surface area is 217 Å². The molecule has 1 amide bonds. The number of benzene rings is 3. The zero-order valence-corrected chi connectivity index (χ0v) is 21.0. The average molecular weight is 517 g/mol. The fourth-order valence-corrected chi connectivity index (χ4v) is 5.27. The van der Waals surface area contributed by atoms with Gasteiger partial charge in [-0.05, 0) is 66.6 Å². The molecular weight excluding hydrogens is 492 g/mol. The monoisotopic (exact) mass is 516 g/mol. The molecular formula is C28H24N2O6S. The topological polar surface area (TPSA) is 109 Å². The largest absolute Gasteiger partial charge is 0.508 e. The van der Waals surface area contributed by atoms with Crippen LogP contribution >= 0.6 is 11.3 Å². The SMILES string of the molecule is CCCOc1ccc(/C(O)=C2\C(=O)C(=O)N(c3nc4ccc(OC)cc4s3)C2c2cccc(O)c2)cc1. The minimum absolute atomic E-state index is 0.0328. The van der Waals surface area contributed by atoms with Crippen LogP contribution in [0, 0.1) is 0 Å². The number of hydrogen-bond donors (Lipinski definition) is 2. The number of amides is 1. The molecule has 0 aliphatic carbocycles. The van der Waals surface area contributed by atoms with Gasteiger partial charge < -0.3 is 19.7 Å². The second-order valence-electron chi connectivity index (χ2n) is 8.47. The van der Waals surface area contributed by atoms with Crippen LogP contribution < -0.4 is 14.4 Å². The van der Waals surface area contributed by atoms with Gasteiger partial charge >= 0.3 is 5.91 Å². The second kappa shape index (κ2) is 9.94. The molecule has 37 heavy (non-hydrogen) atoms. The average Bonchev–Trinajstić information content (AvgIpc) is 3.44. The number of phenolic OH excluding ortho intramolecular Hbond substituents is 1. The number of carbonyl (C=O) groups is 2. The number of ether oxygens (including phenoxy) is 2. The fourth-order valence-electron chi connectivity index (χ4n) is 4.25. The lowest BCUT2D eigenvalue weighted by Gasteiger charge is -2.23. The molecule has 5 rings (SSSR count). The second-order valence-corrected chi connectivity index (χ2v) is 9.48. The summed E-state index contributed by atoms with van der Waals surface area (Å²) in [5.41, 5.74) is 1.37. The van der Waals surface area contributed by atoms with Gasteiger partial charge in [-0.1, -0.05) is 30.4 Å². The van der Waals surface area contributed by atoms with E-state index >= 15 is 0 Å². The molecule has 3 aromatic carbocycles. The number of anilines is 1. The van der Waals surface area contributed by atoms with Crippen molar-refractivity contribution in [2.45, 2.75) is 19.4 Å². The first kappa shape index (κ1) is 24.3. The van der Waals surface area contributed by atoms with E-state index in [1.807, 2.05) is 6.92 Å². The van der Waals surface area contributed by atoms with E-state index in [2.05, 4.69) is 4.98 Å². The number of rotatable bonds is 7. The maximum absolute atomic E-state index is 13.4. The molecule has 2 N–H and O–H groups in total. The Morgan fingerprint density at radius 3 is 2.51 bits per heavy atom. The first-order valence-electron chi connectivity index (χ1n) is 11.7. The summed E-state index contributed by atoms with van der Waals surface area (Å²) >= 11 is 1.23. The minimum Gasteiger partial charge on any atom is -0.508 e. The molecule has 1 unspecified atom stereocenters. The van der Waals surface area contributed by atoms with Crippen LogP contribution in [0.4, 0.5) is 5.13 Å². The Morgan fingerprint density at radius 1 is 1.05 bits per heavy atom. The van der Waals surface area contributed by atoms with E-state index in [9.17, 15) is 19.8 Å². The van der Waals surface area contributed by atoms with E-state index in [1.54, 1.807) is 61.7 Å². The van der Waals surface area contributed by atoms with Gasteiger partial charge in [-0.3, -0.25) is 14.5 Å². The van der Waals surface area contributed by atoms with Crippen LogP contribution in [0.25, 0.3) is 16.0 Å². The van der Waals surface area contributed by atoms with Gasteiger partial charge in [-0.25, -0.2) is 4.98 Å². The van der Waals surface area contributed by atoms with Gasteiger partial charge in [0.2, 0.25) is 0 Å². The van der Waals surface area contributed by atoms with Gasteiger partial charge in [-0.15, -0.1) is 0 Å². The number of aliphatic hydroxyl groups excluding tert-OH is 1. The Morgan fingerprint density at radius 2 is 1.81 bits per heavy atom. The number of ketones is 1. The number of thiazole rings is 1. The number of Topliss-reactive ketones (excluding diaryl/α,β-unsaturated/α-hetero) is 1. The molecule has 1 fully saturated rings. The Balaban J connectivity index is 1.65. The highest BCUT2D eigenvalue weighted by atomic mass is 32.1. The molecule has 188 valence electrons. The van der Waals surface area contributed by atoms with Crippen molar-refractivity contribution in [2.75, 3.05) is 18.6 Å². The number of hydrogen-bond acceptors (Lipinski definition) is 8. The summed E-state index contributed by atoms with van der Waals surface area (Å²) in [4.78, 5) is 32.6. The summed E-state index contributed by atoms with van der Waals surface area (Å²) in [5.74, 6) is -0.736. The molecule has 4 aromatic rings. The first-order valence-corrected chi connectivity index (χ1v) is 12.5. The third-order valence-corrected chi connectivity index (χ3v) is 7.04. The molecule has 9 heteroatoms. The van der Waals surface area contributed by atoms with Crippen LogP contribution in [0.2, 0.25) is 0 Å². The lowest BCUT2D eigenvalue weighted by Crippen LogP contribution is -2.29. The summed E-state index contributed by atoms with van der Waals surface area (Å²) in [7, 11) is 1.56. The van der Waals surface area contributed by atoms with Crippen molar-refractivity contribution in [1.82, 2.24) is 4.98 Å². The van der Waals surface area contributed by atoms with Crippen molar-refractivity contribution in [3.63, 3.8) is 0 Å². The van der Waals surface area contributed by atoms with Gasteiger partial charge in [0.25, 0.3) is 5.78 Å². The van der Waals surface area contributed by atoms with E-state index < -0.39 is 17.7 Å². The number of carbonyl (C=O) groups excluding carboxylic acids is 2. The first-order chi connectivity index (χ1) is 17.9. The number of aromatic hydroxyl groups is 1. The van der Waals surface area contributed by atoms with E-state index in [-0.39, 0.29) is 17.1 Å². The Bertz CT molecular complexity index is 1530. The van der Waals surface area contributed by atoms with Gasteiger partial charge in [0, 0.05) is 5.56 Å². The van der Waals surface area contributed by atoms with Gasteiger partial charge in [0.1, 0.15) is 23.0 Å². The van der Waals surface area contributed by atoms with Crippen LogP contribution in [0.15, 0.2) is 72.3 Å². The number of methoxy groups -OCH3 is 1. The van der Waals surface area contributed by atoms with E-state index in [0.717, 1.165) is 11.1 Å². The lowest BCUT2D eigenvalue weighted by atomic mass is 9.95. The van der Waals surface area contributed by atoms with Crippen LogP contribution in [-0.4, -0.2) is 40.6 Å². The number of nitrogens with zero attached hydrogens (tertiary/aromatic N) is 2. The highest BCUT2D eigenvalue weighted by Crippen LogP contribution is 2.45. The molecule has 0 radical (unpaired) electrons.